The fourth-order valence-corrected chi connectivity index (χ4v) is 2.46. The molecule has 0 radical (unpaired) electrons. The van der Waals surface area contributed by atoms with Crippen LogP contribution in [0, 0.1) is 5.92 Å². The van der Waals surface area contributed by atoms with Gasteiger partial charge in [-0.05, 0) is 37.5 Å². The molecular weight excluding hydrogens is 240 g/mol. The van der Waals surface area contributed by atoms with Crippen LogP contribution in [0.25, 0.3) is 0 Å². The third-order valence-corrected chi connectivity index (χ3v) is 3.70. The van der Waals surface area contributed by atoms with Crippen molar-refractivity contribution in [3.8, 4) is 0 Å². The molecule has 0 unspecified atom stereocenters. The Morgan fingerprint density at radius 1 is 1.21 bits per heavy atom. The second-order valence-electron chi connectivity index (χ2n) is 5.09. The van der Waals surface area contributed by atoms with Crippen molar-refractivity contribution in [1.29, 1.82) is 0 Å². The lowest BCUT2D eigenvalue weighted by Gasteiger charge is -2.20. The maximum atomic E-state index is 12.1. The Kier molecular flexibility index (Phi) is 4.55. The molecule has 4 nitrogen and oxygen atoms in total. The first-order valence-corrected chi connectivity index (χ1v) is 6.80. The Bertz CT molecular complexity index is 460. The fourth-order valence-electron chi connectivity index (χ4n) is 2.46. The highest BCUT2D eigenvalue weighted by molar-refractivity contribution is 5.99. The summed E-state index contributed by atoms with van der Waals surface area (Å²) in [5.41, 5.74) is 2.20. The number of nitrogens with one attached hydrogen (secondary N) is 1. The van der Waals surface area contributed by atoms with Crippen LogP contribution in [-0.2, 0) is 4.79 Å². The summed E-state index contributed by atoms with van der Waals surface area (Å²) >= 11 is 0. The summed E-state index contributed by atoms with van der Waals surface area (Å²) in [7, 11) is 0. The molecule has 1 aliphatic carbocycles. The monoisotopic (exact) mass is 260 g/mol. The smallest absolute Gasteiger partial charge is 0.227 e. The summed E-state index contributed by atoms with van der Waals surface area (Å²) in [6, 6.07) is 7.35. The first-order chi connectivity index (χ1) is 9.20. The molecule has 19 heavy (non-hydrogen) atoms. The molecule has 1 amide bonds. The summed E-state index contributed by atoms with van der Waals surface area (Å²) in [4.78, 5) is 12.1. The van der Waals surface area contributed by atoms with Crippen LogP contribution < -0.4 is 5.32 Å². The molecule has 1 aromatic rings. The van der Waals surface area contributed by atoms with Crippen LogP contribution in [0.4, 0.5) is 5.69 Å². The van der Waals surface area contributed by atoms with E-state index in [9.17, 15) is 4.79 Å². The van der Waals surface area contributed by atoms with Gasteiger partial charge in [-0.25, -0.2) is 0 Å². The van der Waals surface area contributed by atoms with E-state index in [0.29, 0.717) is 5.71 Å². The number of hydrogen-bond donors (Lipinski definition) is 2. The Labute approximate surface area is 113 Å². The van der Waals surface area contributed by atoms with Gasteiger partial charge in [0.2, 0.25) is 5.91 Å². The van der Waals surface area contributed by atoms with E-state index in [-0.39, 0.29) is 11.8 Å². The number of carbonyl (C=O) groups excluding carboxylic acids is 1. The van der Waals surface area contributed by atoms with Crippen LogP contribution in [0.1, 0.15) is 44.6 Å². The second-order valence-corrected chi connectivity index (χ2v) is 5.09. The van der Waals surface area contributed by atoms with Crippen molar-refractivity contribution in [3.05, 3.63) is 29.8 Å². The summed E-state index contributed by atoms with van der Waals surface area (Å²) in [6.45, 7) is 1.73. The third-order valence-electron chi connectivity index (χ3n) is 3.70. The normalized spacial score (nSPS) is 17.2. The average Bonchev–Trinajstić information content (AvgIpc) is 2.48. The van der Waals surface area contributed by atoms with Crippen LogP contribution in [0.3, 0.4) is 0 Å². The molecule has 102 valence electrons. The van der Waals surface area contributed by atoms with Gasteiger partial charge >= 0.3 is 0 Å². The van der Waals surface area contributed by atoms with Crippen molar-refractivity contribution in [3.63, 3.8) is 0 Å². The number of carbonyl (C=O) groups is 1. The lowest BCUT2D eigenvalue weighted by atomic mass is 9.88. The van der Waals surface area contributed by atoms with Crippen LogP contribution in [-0.4, -0.2) is 16.8 Å². The molecule has 0 aromatic heterocycles. The van der Waals surface area contributed by atoms with Crippen molar-refractivity contribution < 1.29 is 10.0 Å². The summed E-state index contributed by atoms with van der Waals surface area (Å²) in [6.07, 6.45) is 5.56. The Morgan fingerprint density at radius 2 is 1.84 bits per heavy atom. The molecule has 2 rings (SSSR count). The summed E-state index contributed by atoms with van der Waals surface area (Å²) in [5, 5.41) is 14.8. The highest BCUT2D eigenvalue weighted by Gasteiger charge is 2.20. The molecule has 0 bridgehead atoms. The topological polar surface area (TPSA) is 61.7 Å². The van der Waals surface area contributed by atoms with Crippen molar-refractivity contribution in [2.75, 3.05) is 5.32 Å². The van der Waals surface area contributed by atoms with Gasteiger partial charge in [-0.1, -0.05) is 36.6 Å². The molecule has 1 aliphatic rings. The Morgan fingerprint density at radius 3 is 2.42 bits per heavy atom. The van der Waals surface area contributed by atoms with Crippen molar-refractivity contribution in [2.45, 2.75) is 39.0 Å². The number of benzene rings is 1. The molecule has 0 atom stereocenters. The summed E-state index contributed by atoms with van der Waals surface area (Å²) < 4.78 is 0. The van der Waals surface area contributed by atoms with Gasteiger partial charge in [-0.15, -0.1) is 0 Å². The number of hydrogen-bond acceptors (Lipinski definition) is 3. The predicted octanol–water partition coefficient (Wildman–Crippen LogP) is 3.40. The molecule has 2 N–H and O–H groups in total. The standard InChI is InChI=1S/C15H20N2O2/c1-11(17-19)12-7-9-14(10-8-12)16-15(18)13-5-3-2-4-6-13/h7-10,13,19H,2-6H2,1H3,(H,16,18)/b17-11+. The van der Waals surface area contributed by atoms with Crippen LogP contribution in [0.2, 0.25) is 0 Å². The minimum absolute atomic E-state index is 0.125. The summed E-state index contributed by atoms with van der Waals surface area (Å²) in [5.74, 6) is 0.286. The Hall–Kier alpha value is -1.84. The largest absolute Gasteiger partial charge is 0.411 e. The molecule has 4 heteroatoms. The van der Waals surface area contributed by atoms with Gasteiger partial charge in [0.15, 0.2) is 0 Å². The average molecular weight is 260 g/mol. The van der Waals surface area contributed by atoms with Gasteiger partial charge in [0.25, 0.3) is 0 Å². The van der Waals surface area contributed by atoms with E-state index < -0.39 is 0 Å². The number of rotatable bonds is 3. The van der Waals surface area contributed by atoms with E-state index in [4.69, 9.17) is 5.21 Å². The van der Waals surface area contributed by atoms with Gasteiger partial charge in [0.1, 0.15) is 0 Å². The maximum Gasteiger partial charge on any atom is 0.227 e. The van der Waals surface area contributed by atoms with Gasteiger partial charge in [-0.3, -0.25) is 4.79 Å². The first kappa shape index (κ1) is 13.6. The minimum atomic E-state index is 0.125. The molecule has 1 fully saturated rings. The quantitative estimate of drug-likeness (QED) is 0.497. The maximum absolute atomic E-state index is 12.1. The molecule has 1 aromatic carbocycles. The Balaban J connectivity index is 1.97. The van der Waals surface area contributed by atoms with E-state index in [2.05, 4.69) is 10.5 Å². The van der Waals surface area contributed by atoms with Gasteiger partial charge < -0.3 is 10.5 Å². The lowest BCUT2D eigenvalue weighted by Crippen LogP contribution is -2.24. The minimum Gasteiger partial charge on any atom is -0.411 e. The fraction of sp³-hybridized carbons (Fsp3) is 0.467. The van der Waals surface area contributed by atoms with Crippen molar-refractivity contribution in [2.24, 2.45) is 11.1 Å². The molecule has 0 spiro atoms. The van der Waals surface area contributed by atoms with E-state index in [0.717, 1.165) is 36.9 Å². The van der Waals surface area contributed by atoms with Crippen molar-refractivity contribution >= 4 is 17.3 Å². The van der Waals surface area contributed by atoms with Crippen molar-refractivity contribution in [1.82, 2.24) is 0 Å². The van der Waals surface area contributed by atoms with Crippen LogP contribution in [0.5, 0.6) is 0 Å². The number of amides is 1. The zero-order valence-electron chi connectivity index (χ0n) is 11.2. The zero-order valence-corrected chi connectivity index (χ0v) is 11.2. The first-order valence-electron chi connectivity index (χ1n) is 6.80. The highest BCUT2D eigenvalue weighted by Crippen LogP contribution is 2.25. The van der Waals surface area contributed by atoms with E-state index >= 15 is 0 Å². The molecule has 0 saturated heterocycles. The SMILES string of the molecule is C/C(=N\O)c1ccc(NC(=O)C2CCCCC2)cc1. The predicted molar refractivity (Wildman–Crippen MR) is 75.6 cm³/mol. The molecule has 0 aliphatic heterocycles. The number of anilines is 1. The van der Waals surface area contributed by atoms with E-state index in [1.165, 1.54) is 6.42 Å². The number of oxime groups is 1. The van der Waals surface area contributed by atoms with E-state index in [1.807, 2.05) is 24.3 Å². The van der Waals surface area contributed by atoms with Gasteiger partial charge in [0.05, 0.1) is 5.71 Å². The third kappa shape index (κ3) is 3.56. The van der Waals surface area contributed by atoms with Crippen LogP contribution >= 0.6 is 0 Å². The van der Waals surface area contributed by atoms with E-state index in [1.54, 1.807) is 6.92 Å². The highest BCUT2D eigenvalue weighted by atomic mass is 16.4. The van der Waals surface area contributed by atoms with Gasteiger partial charge in [0, 0.05) is 11.6 Å². The lowest BCUT2D eigenvalue weighted by molar-refractivity contribution is -0.120. The zero-order chi connectivity index (χ0) is 13.7. The molecule has 1 saturated carbocycles. The second kappa shape index (κ2) is 6.36. The van der Waals surface area contributed by atoms with Gasteiger partial charge in [-0.2, -0.15) is 0 Å². The number of nitrogens with zero attached hydrogens (tertiary/aromatic N) is 1. The van der Waals surface area contributed by atoms with Crippen LogP contribution in [0.15, 0.2) is 29.4 Å². The molecule has 0 heterocycles. The molecular formula is C15H20N2O2.